The third kappa shape index (κ3) is 5.58. The van der Waals surface area contributed by atoms with Gasteiger partial charge in [-0.2, -0.15) is 0 Å². The second kappa shape index (κ2) is 7.69. The number of rotatable bonds is 8. The third-order valence-corrected chi connectivity index (χ3v) is 4.27. The molecule has 118 valence electrons. The average Bonchev–Trinajstić information content (AvgIpc) is 2.37. The van der Waals surface area contributed by atoms with E-state index in [2.05, 4.69) is 4.72 Å². The van der Waals surface area contributed by atoms with E-state index in [4.69, 9.17) is 16.3 Å². The third-order valence-electron chi connectivity index (χ3n) is 2.49. The van der Waals surface area contributed by atoms with Crippen LogP contribution in [0.5, 0.6) is 0 Å². The lowest BCUT2D eigenvalue weighted by molar-refractivity contribution is -0.384. The largest absolute Gasteiger partial charge is 0.379 e. The van der Waals surface area contributed by atoms with E-state index in [0.29, 0.717) is 13.0 Å². The lowest BCUT2D eigenvalue weighted by Gasteiger charge is -2.09. The van der Waals surface area contributed by atoms with Crippen LogP contribution in [0.1, 0.15) is 20.3 Å². The number of ether oxygens (including phenoxy) is 1. The van der Waals surface area contributed by atoms with Crippen LogP contribution in [0, 0.1) is 10.1 Å². The number of hydrogen-bond acceptors (Lipinski definition) is 5. The molecule has 21 heavy (non-hydrogen) atoms. The first kappa shape index (κ1) is 17.8. The Balaban J connectivity index is 2.70. The molecule has 9 heteroatoms. The molecule has 0 saturated heterocycles. The van der Waals surface area contributed by atoms with Crippen LogP contribution in [0.4, 0.5) is 5.69 Å². The maximum absolute atomic E-state index is 12.0. The predicted molar refractivity (Wildman–Crippen MR) is 79.0 cm³/mol. The van der Waals surface area contributed by atoms with E-state index in [1.807, 2.05) is 13.8 Å². The van der Waals surface area contributed by atoms with Gasteiger partial charge in [0.15, 0.2) is 0 Å². The molecule has 1 N–H and O–H groups in total. The number of halogens is 1. The Labute approximate surface area is 128 Å². The lowest BCUT2D eigenvalue weighted by atomic mass is 10.3. The Morgan fingerprint density at radius 3 is 2.67 bits per heavy atom. The Bertz CT molecular complexity index is 604. The molecule has 0 unspecified atom stereocenters. The number of nitrogens with zero attached hydrogens (tertiary/aromatic N) is 1. The van der Waals surface area contributed by atoms with Crippen molar-refractivity contribution >= 4 is 27.3 Å². The van der Waals surface area contributed by atoms with Crippen molar-refractivity contribution in [2.75, 3.05) is 13.2 Å². The van der Waals surface area contributed by atoms with Crippen molar-refractivity contribution in [1.82, 2.24) is 4.72 Å². The van der Waals surface area contributed by atoms with Crippen molar-refractivity contribution in [3.63, 3.8) is 0 Å². The normalized spacial score (nSPS) is 11.8. The van der Waals surface area contributed by atoms with Gasteiger partial charge in [0.2, 0.25) is 10.0 Å². The number of hydrogen-bond donors (Lipinski definition) is 1. The minimum atomic E-state index is -3.80. The second-order valence-corrected chi connectivity index (χ2v) is 6.72. The van der Waals surface area contributed by atoms with Gasteiger partial charge in [-0.25, -0.2) is 13.1 Å². The number of nitro benzene ring substituents is 1. The van der Waals surface area contributed by atoms with Gasteiger partial charge in [-0.3, -0.25) is 10.1 Å². The van der Waals surface area contributed by atoms with Gasteiger partial charge in [0.25, 0.3) is 5.69 Å². The van der Waals surface area contributed by atoms with Crippen LogP contribution in [0.2, 0.25) is 5.02 Å². The van der Waals surface area contributed by atoms with E-state index in [9.17, 15) is 18.5 Å². The molecule has 7 nitrogen and oxygen atoms in total. The summed E-state index contributed by atoms with van der Waals surface area (Å²) in [7, 11) is -3.80. The zero-order valence-electron chi connectivity index (χ0n) is 11.7. The first-order valence-corrected chi connectivity index (χ1v) is 8.15. The van der Waals surface area contributed by atoms with E-state index in [1.165, 1.54) is 12.1 Å². The van der Waals surface area contributed by atoms with E-state index in [-0.39, 0.29) is 22.6 Å². The summed E-state index contributed by atoms with van der Waals surface area (Å²) in [4.78, 5) is 9.84. The zero-order chi connectivity index (χ0) is 16.0. The number of benzene rings is 1. The molecule has 0 atom stereocenters. The van der Waals surface area contributed by atoms with Gasteiger partial charge >= 0.3 is 0 Å². The SMILES string of the molecule is CC(C)OCCCNS(=O)(=O)c1ccc(Cl)c([N+](=O)[O-])c1. The summed E-state index contributed by atoms with van der Waals surface area (Å²) >= 11 is 5.64. The summed E-state index contributed by atoms with van der Waals surface area (Å²) in [6, 6.07) is 3.35. The Kier molecular flexibility index (Phi) is 6.53. The summed E-state index contributed by atoms with van der Waals surface area (Å²) < 4.78 is 31.6. The van der Waals surface area contributed by atoms with Crippen molar-refractivity contribution in [1.29, 1.82) is 0 Å². The molecule has 0 saturated carbocycles. The number of nitro groups is 1. The number of nitrogens with one attached hydrogen (secondary N) is 1. The lowest BCUT2D eigenvalue weighted by Crippen LogP contribution is -2.26. The monoisotopic (exact) mass is 336 g/mol. The molecule has 0 aromatic heterocycles. The molecule has 0 amide bonds. The molecule has 0 spiro atoms. The first-order chi connectivity index (χ1) is 9.74. The number of sulfonamides is 1. The average molecular weight is 337 g/mol. The second-order valence-electron chi connectivity index (χ2n) is 4.54. The highest BCUT2D eigenvalue weighted by Crippen LogP contribution is 2.26. The highest BCUT2D eigenvalue weighted by atomic mass is 35.5. The quantitative estimate of drug-likeness (QED) is 0.446. The smallest absolute Gasteiger partial charge is 0.289 e. The van der Waals surface area contributed by atoms with Crippen LogP contribution < -0.4 is 4.72 Å². The molecule has 0 heterocycles. The molecule has 0 aliphatic carbocycles. The molecule has 0 aliphatic heterocycles. The Morgan fingerprint density at radius 2 is 2.10 bits per heavy atom. The van der Waals surface area contributed by atoms with Crippen molar-refractivity contribution in [2.24, 2.45) is 0 Å². The zero-order valence-corrected chi connectivity index (χ0v) is 13.3. The minimum absolute atomic E-state index is 0.0838. The van der Waals surface area contributed by atoms with Gasteiger partial charge in [-0.05, 0) is 32.4 Å². The fraction of sp³-hybridized carbons (Fsp3) is 0.500. The van der Waals surface area contributed by atoms with Crippen molar-refractivity contribution < 1.29 is 18.1 Å². The standard InChI is InChI=1S/C12H17ClN2O5S/c1-9(2)20-7-3-6-14-21(18,19)10-4-5-11(13)12(8-10)15(16)17/h4-5,8-9,14H,3,6-7H2,1-2H3. The van der Waals surface area contributed by atoms with Gasteiger partial charge in [-0.15, -0.1) is 0 Å². The molecular formula is C12H17ClN2O5S. The van der Waals surface area contributed by atoms with Crippen LogP contribution in [0.15, 0.2) is 23.1 Å². The van der Waals surface area contributed by atoms with Crippen LogP contribution >= 0.6 is 11.6 Å². The van der Waals surface area contributed by atoms with Gasteiger partial charge < -0.3 is 4.74 Å². The van der Waals surface area contributed by atoms with Crippen LogP contribution in [0.3, 0.4) is 0 Å². The molecule has 0 radical (unpaired) electrons. The topological polar surface area (TPSA) is 98.5 Å². The van der Waals surface area contributed by atoms with Gasteiger partial charge in [0.1, 0.15) is 5.02 Å². The van der Waals surface area contributed by atoms with Gasteiger partial charge in [0.05, 0.1) is 15.9 Å². The van der Waals surface area contributed by atoms with Crippen LogP contribution in [-0.2, 0) is 14.8 Å². The fourth-order valence-corrected chi connectivity index (χ4v) is 2.76. The van der Waals surface area contributed by atoms with Crippen molar-refractivity contribution in [3.05, 3.63) is 33.3 Å². The molecule has 0 bridgehead atoms. The Hall–Kier alpha value is -1.22. The highest BCUT2D eigenvalue weighted by Gasteiger charge is 2.20. The highest BCUT2D eigenvalue weighted by molar-refractivity contribution is 7.89. The van der Waals surface area contributed by atoms with Crippen LogP contribution in [0.25, 0.3) is 0 Å². The molecule has 0 fully saturated rings. The van der Waals surface area contributed by atoms with E-state index in [1.54, 1.807) is 0 Å². The molecule has 1 aromatic rings. The predicted octanol–water partition coefficient (Wildman–Crippen LogP) is 2.34. The molecule has 1 rings (SSSR count). The van der Waals surface area contributed by atoms with Gasteiger partial charge in [-0.1, -0.05) is 11.6 Å². The minimum Gasteiger partial charge on any atom is -0.379 e. The van der Waals surface area contributed by atoms with E-state index < -0.39 is 20.6 Å². The van der Waals surface area contributed by atoms with E-state index in [0.717, 1.165) is 6.07 Å². The van der Waals surface area contributed by atoms with Crippen molar-refractivity contribution in [2.45, 2.75) is 31.3 Å². The molecule has 0 aliphatic rings. The maximum atomic E-state index is 12.0. The Morgan fingerprint density at radius 1 is 1.43 bits per heavy atom. The molecular weight excluding hydrogens is 320 g/mol. The first-order valence-electron chi connectivity index (χ1n) is 6.29. The summed E-state index contributed by atoms with van der Waals surface area (Å²) in [5.74, 6) is 0. The van der Waals surface area contributed by atoms with Gasteiger partial charge in [0, 0.05) is 19.2 Å². The van der Waals surface area contributed by atoms with E-state index >= 15 is 0 Å². The fourth-order valence-electron chi connectivity index (χ4n) is 1.48. The summed E-state index contributed by atoms with van der Waals surface area (Å²) in [5.41, 5.74) is -0.442. The summed E-state index contributed by atoms with van der Waals surface area (Å²) in [6.07, 6.45) is 0.591. The van der Waals surface area contributed by atoms with Crippen molar-refractivity contribution in [3.8, 4) is 0 Å². The maximum Gasteiger partial charge on any atom is 0.289 e. The summed E-state index contributed by atoms with van der Waals surface area (Å²) in [5, 5.41) is 10.6. The summed E-state index contributed by atoms with van der Waals surface area (Å²) in [6.45, 7) is 4.39. The molecule has 1 aromatic carbocycles. The van der Waals surface area contributed by atoms with Crippen LogP contribution in [-0.4, -0.2) is 32.6 Å².